The minimum atomic E-state index is -0.431. The predicted molar refractivity (Wildman–Crippen MR) is 90.5 cm³/mol. The highest BCUT2D eigenvalue weighted by Crippen LogP contribution is 2.61. The highest BCUT2D eigenvalue weighted by atomic mass is 79.9. The minimum Gasteiger partial charge on any atom is -0.458 e. The van der Waals surface area contributed by atoms with Crippen LogP contribution in [0.5, 0.6) is 0 Å². The first kappa shape index (κ1) is 15.4. The Balaban J connectivity index is 1.63. The first-order valence-electron chi connectivity index (χ1n) is 8.55. The van der Waals surface area contributed by atoms with Gasteiger partial charge >= 0.3 is 5.97 Å². The van der Waals surface area contributed by atoms with Gasteiger partial charge in [0, 0.05) is 0 Å². The molecule has 3 nitrogen and oxygen atoms in total. The van der Waals surface area contributed by atoms with E-state index in [9.17, 15) is 9.59 Å². The Bertz CT molecular complexity index is 629. The number of carbonyl (C=O) groups excluding carboxylic acids is 2. The maximum Gasteiger partial charge on any atom is 0.338 e. The third kappa shape index (κ3) is 2.37. The monoisotopic (exact) mass is 376 g/mol. The van der Waals surface area contributed by atoms with Crippen LogP contribution in [-0.4, -0.2) is 22.7 Å². The zero-order valence-corrected chi connectivity index (χ0v) is 14.6. The molecule has 3 fully saturated rings. The highest BCUT2D eigenvalue weighted by Gasteiger charge is 2.63. The number of hydrogen-bond acceptors (Lipinski definition) is 3. The molecular weight excluding hydrogens is 356 g/mol. The Morgan fingerprint density at radius 1 is 1.17 bits per heavy atom. The lowest BCUT2D eigenvalue weighted by Crippen LogP contribution is -2.53. The zero-order valence-electron chi connectivity index (χ0n) is 13.0. The molecule has 4 rings (SSSR count). The number of ketones is 1. The summed E-state index contributed by atoms with van der Waals surface area (Å²) in [5.41, 5.74) is 0.138. The van der Waals surface area contributed by atoms with Crippen molar-refractivity contribution in [3.63, 3.8) is 0 Å². The van der Waals surface area contributed by atoms with E-state index in [1.54, 1.807) is 12.1 Å². The quantitative estimate of drug-likeness (QED) is 0.575. The second-order valence-corrected chi connectivity index (χ2v) is 8.41. The van der Waals surface area contributed by atoms with Gasteiger partial charge in [-0.15, -0.1) is 0 Å². The van der Waals surface area contributed by atoms with Crippen LogP contribution in [0.3, 0.4) is 0 Å². The third-order valence-electron chi connectivity index (χ3n) is 6.11. The Morgan fingerprint density at radius 2 is 1.96 bits per heavy atom. The largest absolute Gasteiger partial charge is 0.458 e. The van der Waals surface area contributed by atoms with Crippen molar-refractivity contribution in [1.29, 1.82) is 0 Å². The minimum absolute atomic E-state index is 0.0673. The number of fused-ring (bicyclic) bond motifs is 1. The molecule has 0 aromatic heterocycles. The average molecular weight is 377 g/mol. The normalized spacial score (nSPS) is 38.9. The Kier molecular flexibility index (Phi) is 3.83. The molecule has 5 atom stereocenters. The van der Waals surface area contributed by atoms with Gasteiger partial charge in [-0.3, -0.25) is 4.79 Å². The molecule has 0 N–H and O–H groups in total. The molecule has 3 aliphatic carbocycles. The van der Waals surface area contributed by atoms with Crippen LogP contribution in [0.4, 0.5) is 0 Å². The number of ether oxygens (including phenoxy) is 1. The van der Waals surface area contributed by atoms with Crippen molar-refractivity contribution in [3.8, 4) is 0 Å². The predicted octanol–water partition coefficient (Wildman–Crippen LogP) is 4.14. The van der Waals surface area contributed by atoms with Gasteiger partial charge in [0.05, 0.1) is 15.8 Å². The Labute approximate surface area is 144 Å². The topological polar surface area (TPSA) is 43.4 Å². The fourth-order valence-corrected chi connectivity index (χ4v) is 6.14. The third-order valence-corrected chi connectivity index (χ3v) is 6.90. The summed E-state index contributed by atoms with van der Waals surface area (Å²) in [5.74, 6) is 0.975. The summed E-state index contributed by atoms with van der Waals surface area (Å²) in [5, 5.41) is 0. The second-order valence-electron chi connectivity index (χ2n) is 7.30. The lowest BCUT2D eigenvalue weighted by Gasteiger charge is -2.46. The summed E-state index contributed by atoms with van der Waals surface area (Å²) in [6, 6.07) is 9.10. The SMILES string of the molecule is O=C(O[C@H]1CCC[C@@H]2C[C@@H]3C[C@@H](Br)C(=O)[C@@]21C3)c1ccccc1. The fraction of sp³-hybridized carbons (Fsp3) is 0.579. The van der Waals surface area contributed by atoms with E-state index in [2.05, 4.69) is 15.9 Å². The van der Waals surface area contributed by atoms with Gasteiger partial charge in [0.1, 0.15) is 6.10 Å². The lowest BCUT2D eigenvalue weighted by molar-refractivity contribution is -0.145. The molecule has 1 aromatic rings. The zero-order chi connectivity index (χ0) is 16.0. The van der Waals surface area contributed by atoms with Crippen molar-refractivity contribution in [3.05, 3.63) is 35.9 Å². The van der Waals surface area contributed by atoms with Crippen LogP contribution in [0, 0.1) is 17.3 Å². The number of rotatable bonds is 2. The van der Waals surface area contributed by atoms with Crippen molar-refractivity contribution in [2.45, 2.75) is 49.5 Å². The molecule has 122 valence electrons. The molecule has 4 heteroatoms. The number of benzene rings is 1. The fourth-order valence-electron chi connectivity index (χ4n) is 5.18. The van der Waals surface area contributed by atoms with Crippen LogP contribution in [0.2, 0.25) is 0 Å². The summed E-state index contributed by atoms with van der Waals surface area (Å²) in [7, 11) is 0. The molecule has 1 aromatic carbocycles. The molecule has 0 unspecified atom stereocenters. The molecular formula is C19H21BrO3. The maximum absolute atomic E-state index is 13.0. The van der Waals surface area contributed by atoms with Crippen LogP contribution >= 0.6 is 15.9 Å². The van der Waals surface area contributed by atoms with Gasteiger partial charge in [-0.1, -0.05) is 34.1 Å². The van der Waals surface area contributed by atoms with E-state index >= 15 is 0 Å². The van der Waals surface area contributed by atoms with Crippen molar-refractivity contribution in [2.24, 2.45) is 17.3 Å². The van der Waals surface area contributed by atoms with Gasteiger partial charge in [-0.25, -0.2) is 4.79 Å². The smallest absolute Gasteiger partial charge is 0.338 e. The summed E-state index contributed by atoms with van der Waals surface area (Å²) in [6.45, 7) is 0. The molecule has 0 radical (unpaired) electrons. The van der Waals surface area contributed by atoms with E-state index < -0.39 is 5.41 Å². The van der Waals surface area contributed by atoms with Gasteiger partial charge in [-0.2, -0.15) is 0 Å². The van der Waals surface area contributed by atoms with Crippen molar-refractivity contribution < 1.29 is 14.3 Å². The number of carbonyl (C=O) groups is 2. The number of hydrogen-bond donors (Lipinski definition) is 0. The van der Waals surface area contributed by atoms with Crippen LogP contribution in [0.1, 0.15) is 48.9 Å². The molecule has 3 aliphatic rings. The Morgan fingerprint density at radius 3 is 2.74 bits per heavy atom. The number of halogens is 1. The first-order chi connectivity index (χ1) is 11.1. The van der Waals surface area contributed by atoms with Crippen LogP contribution < -0.4 is 0 Å². The molecule has 0 saturated heterocycles. The molecule has 0 amide bonds. The van der Waals surface area contributed by atoms with E-state index in [1.807, 2.05) is 18.2 Å². The van der Waals surface area contributed by atoms with Crippen LogP contribution in [0.25, 0.3) is 0 Å². The maximum atomic E-state index is 13.0. The summed E-state index contributed by atoms with van der Waals surface area (Å²) < 4.78 is 5.91. The van der Waals surface area contributed by atoms with E-state index in [0.717, 1.165) is 38.5 Å². The molecule has 2 bridgehead atoms. The van der Waals surface area contributed by atoms with Gasteiger partial charge in [0.25, 0.3) is 0 Å². The lowest BCUT2D eigenvalue weighted by atomic mass is 9.61. The summed E-state index contributed by atoms with van der Waals surface area (Å²) in [6.07, 6.45) is 5.67. The van der Waals surface area contributed by atoms with E-state index in [-0.39, 0.29) is 22.7 Å². The highest BCUT2D eigenvalue weighted by molar-refractivity contribution is 9.10. The number of alkyl halides is 1. The Hall–Kier alpha value is -1.16. The molecule has 0 heterocycles. The average Bonchev–Trinajstić information content (AvgIpc) is 2.90. The molecule has 0 aliphatic heterocycles. The van der Waals surface area contributed by atoms with E-state index in [4.69, 9.17) is 4.74 Å². The molecule has 1 spiro atoms. The number of Topliss-reactive ketones (excluding diaryl/α,β-unsaturated/α-hetero) is 1. The van der Waals surface area contributed by atoms with Crippen LogP contribution in [-0.2, 0) is 9.53 Å². The van der Waals surface area contributed by atoms with E-state index in [1.165, 1.54) is 0 Å². The van der Waals surface area contributed by atoms with Crippen molar-refractivity contribution in [2.75, 3.05) is 0 Å². The number of esters is 1. The standard InChI is InChI=1S/C19H21BrO3/c20-15-10-12-9-14-7-4-8-16(19(14,11-12)17(15)21)23-18(22)13-5-2-1-3-6-13/h1-3,5-6,12,14-16H,4,7-11H2/t12-,14-,15-,16+,19+/m1/s1. The van der Waals surface area contributed by atoms with E-state index in [0.29, 0.717) is 17.4 Å². The van der Waals surface area contributed by atoms with Crippen molar-refractivity contribution in [1.82, 2.24) is 0 Å². The molecule has 23 heavy (non-hydrogen) atoms. The van der Waals surface area contributed by atoms with Gasteiger partial charge < -0.3 is 4.74 Å². The van der Waals surface area contributed by atoms with Gasteiger partial charge in [-0.05, 0) is 62.5 Å². The van der Waals surface area contributed by atoms with Gasteiger partial charge in [0.15, 0.2) is 5.78 Å². The van der Waals surface area contributed by atoms with Crippen LogP contribution in [0.15, 0.2) is 30.3 Å². The summed E-state index contributed by atoms with van der Waals surface area (Å²) >= 11 is 3.58. The van der Waals surface area contributed by atoms with Gasteiger partial charge in [0.2, 0.25) is 0 Å². The first-order valence-corrected chi connectivity index (χ1v) is 9.47. The van der Waals surface area contributed by atoms with Crippen molar-refractivity contribution >= 4 is 27.7 Å². The second kappa shape index (κ2) is 5.73. The molecule has 3 saturated carbocycles. The summed E-state index contributed by atoms with van der Waals surface area (Å²) in [4.78, 5) is 25.5.